The second-order valence-corrected chi connectivity index (χ2v) is 7.33. The highest BCUT2D eigenvalue weighted by molar-refractivity contribution is 5.43. The smallest absolute Gasteiger partial charge is 0.161 e. The Kier molecular flexibility index (Phi) is 6.05. The number of aliphatic hydroxyl groups is 2. The zero-order chi connectivity index (χ0) is 19.4. The Morgan fingerprint density at radius 3 is 2.37 bits per heavy atom. The quantitative estimate of drug-likeness (QED) is 0.817. The zero-order valence-corrected chi connectivity index (χ0v) is 16.3. The van der Waals surface area contributed by atoms with E-state index in [1.54, 1.807) is 14.2 Å². The number of likely N-dealkylation sites (tertiary alicyclic amines) is 1. The van der Waals surface area contributed by atoms with E-state index >= 15 is 0 Å². The molecule has 1 aliphatic rings. The molecule has 0 spiro atoms. The van der Waals surface area contributed by atoms with Crippen LogP contribution in [0.4, 0.5) is 0 Å². The molecule has 1 saturated heterocycles. The van der Waals surface area contributed by atoms with Crippen molar-refractivity contribution >= 4 is 0 Å². The molecule has 146 valence electrons. The molecule has 2 aromatic rings. The molecule has 2 N–H and O–H groups in total. The van der Waals surface area contributed by atoms with Gasteiger partial charge in [0.15, 0.2) is 11.5 Å². The van der Waals surface area contributed by atoms with Crippen LogP contribution in [-0.4, -0.2) is 49.0 Å². The zero-order valence-electron chi connectivity index (χ0n) is 16.3. The van der Waals surface area contributed by atoms with Crippen molar-refractivity contribution in [3.63, 3.8) is 0 Å². The molecule has 0 bridgehead atoms. The van der Waals surface area contributed by atoms with Gasteiger partial charge in [0.05, 0.1) is 25.9 Å². The minimum atomic E-state index is -0.781. The standard InChI is InChI=1S/C22H29NO4/c1-16-5-4-6-18(13-16)22(25)9-11-23(12-10-22)15-19(24)17-7-8-20(26-2)21(14-17)27-3/h4-8,13-14,19,24-25H,9-12,15H2,1-3H3/t19-/m0/s1. The lowest BCUT2D eigenvalue weighted by molar-refractivity contribution is -0.0345. The summed E-state index contributed by atoms with van der Waals surface area (Å²) in [6.45, 7) is 4.06. The summed E-state index contributed by atoms with van der Waals surface area (Å²) < 4.78 is 10.6. The number of ether oxygens (including phenoxy) is 2. The van der Waals surface area contributed by atoms with Crippen molar-refractivity contribution in [2.45, 2.75) is 31.5 Å². The van der Waals surface area contributed by atoms with Gasteiger partial charge in [-0.1, -0.05) is 35.9 Å². The van der Waals surface area contributed by atoms with Gasteiger partial charge in [0.25, 0.3) is 0 Å². The van der Waals surface area contributed by atoms with Crippen molar-refractivity contribution in [2.24, 2.45) is 0 Å². The third-order valence-electron chi connectivity index (χ3n) is 5.46. The summed E-state index contributed by atoms with van der Waals surface area (Å²) in [5, 5.41) is 21.7. The molecule has 2 aromatic carbocycles. The molecule has 0 radical (unpaired) electrons. The van der Waals surface area contributed by atoms with Gasteiger partial charge in [0.2, 0.25) is 0 Å². The minimum absolute atomic E-state index is 0.527. The fourth-order valence-electron chi connectivity index (χ4n) is 3.74. The Morgan fingerprint density at radius 1 is 1.04 bits per heavy atom. The van der Waals surface area contributed by atoms with Crippen LogP contribution in [0.3, 0.4) is 0 Å². The Labute approximate surface area is 161 Å². The van der Waals surface area contributed by atoms with Crippen molar-refractivity contribution in [3.05, 3.63) is 59.2 Å². The molecule has 3 rings (SSSR count). The number of β-amino-alcohol motifs (C(OH)–C–C–N with tert-alkyl or cyclic N) is 1. The summed E-state index contributed by atoms with van der Waals surface area (Å²) in [5.41, 5.74) is 2.17. The number of methoxy groups -OCH3 is 2. The van der Waals surface area contributed by atoms with Crippen LogP contribution in [-0.2, 0) is 5.60 Å². The average Bonchev–Trinajstić information content (AvgIpc) is 2.69. The van der Waals surface area contributed by atoms with E-state index in [4.69, 9.17) is 9.47 Å². The lowest BCUT2D eigenvalue weighted by Gasteiger charge is -2.39. The summed E-state index contributed by atoms with van der Waals surface area (Å²) in [7, 11) is 3.18. The molecule has 5 nitrogen and oxygen atoms in total. The average molecular weight is 371 g/mol. The fourth-order valence-corrected chi connectivity index (χ4v) is 3.74. The largest absolute Gasteiger partial charge is 0.493 e. The molecule has 1 heterocycles. The van der Waals surface area contributed by atoms with Gasteiger partial charge >= 0.3 is 0 Å². The van der Waals surface area contributed by atoms with Crippen LogP contribution >= 0.6 is 0 Å². The lowest BCUT2D eigenvalue weighted by Crippen LogP contribution is -2.44. The number of nitrogens with zero attached hydrogens (tertiary/aromatic N) is 1. The van der Waals surface area contributed by atoms with E-state index in [1.807, 2.05) is 43.3 Å². The second-order valence-electron chi connectivity index (χ2n) is 7.33. The third kappa shape index (κ3) is 4.43. The topological polar surface area (TPSA) is 62.2 Å². The maximum absolute atomic E-state index is 11.0. The summed E-state index contributed by atoms with van der Waals surface area (Å²) in [4.78, 5) is 2.20. The Balaban J connectivity index is 1.62. The van der Waals surface area contributed by atoms with Crippen molar-refractivity contribution in [1.82, 2.24) is 4.90 Å². The molecular weight excluding hydrogens is 342 g/mol. The second kappa shape index (κ2) is 8.30. The van der Waals surface area contributed by atoms with Crippen LogP contribution in [0.5, 0.6) is 11.5 Å². The third-order valence-corrected chi connectivity index (χ3v) is 5.46. The number of rotatable bonds is 6. The van der Waals surface area contributed by atoms with Crippen molar-refractivity contribution in [2.75, 3.05) is 33.9 Å². The molecule has 27 heavy (non-hydrogen) atoms. The molecule has 1 atom stereocenters. The first-order valence-corrected chi connectivity index (χ1v) is 9.37. The van der Waals surface area contributed by atoms with Gasteiger partial charge < -0.3 is 24.6 Å². The van der Waals surface area contributed by atoms with Crippen LogP contribution in [0.15, 0.2) is 42.5 Å². The number of benzene rings is 2. The molecular formula is C22H29NO4. The highest BCUT2D eigenvalue weighted by Crippen LogP contribution is 2.34. The van der Waals surface area contributed by atoms with E-state index < -0.39 is 11.7 Å². The van der Waals surface area contributed by atoms with Gasteiger partial charge in [-0.25, -0.2) is 0 Å². The van der Waals surface area contributed by atoms with Crippen molar-refractivity contribution in [3.8, 4) is 11.5 Å². The Bertz CT molecular complexity index is 769. The maximum atomic E-state index is 11.0. The van der Waals surface area contributed by atoms with E-state index in [-0.39, 0.29) is 0 Å². The van der Waals surface area contributed by atoms with Gasteiger partial charge in [0, 0.05) is 19.6 Å². The van der Waals surface area contributed by atoms with E-state index in [0.29, 0.717) is 30.9 Å². The van der Waals surface area contributed by atoms with Gasteiger partial charge in [-0.05, 0) is 43.0 Å². The first-order chi connectivity index (χ1) is 12.9. The van der Waals surface area contributed by atoms with E-state index in [9.17, 15) is 10.2 Å². The van der Waals surface area contributed by atoms with Crippen LogP contribution in [0.2, 0.25) is 0 Å². The number of hydrogen-bond donors (Lipinski definition) is 2. The Hall–Kier alpha value is -2.08. The monoisotopic (exact) mass is 371 g/mol. The number of piperidine rings is 1. The van der Waals surface area contributed by atoms with Crippen LogP contribution in [0.1, 0.15) is 35.6 Å². The first kappa shape index (κ1) is 19.7. The molecule has 1 aliphatic heterocycles. The molecule has 1 fully saturated rings. The summed E-state index contributed by atoms with van der Waals surface area (Å²) in [6, 6.07) is 13.6. The Morgan fingerprint density at radius 2 is 1.74 bits per heavy atom. The van der Waals surface area contributed by atoms with Gasteiger partial charge in [-0.3, -0.25) is 0 Å². The molecule has 0 amide bonds. The number of hydrogen-bond acceptors (Lipinski definition) is 5. The predicted molar refractivity (Wildman–Crippen MR) is 105 cm³/mol. The van der Waals surface area contributed by atoms with E-state index in [1.165, 1.54) is 0 Å². The lowest BCUT2D eigenvalue weighted by atomic mass is 9.84. The molecule has 5 heteroatoms. The molecule has 0 aromatic heterocycles. The summed E-state index contributed by atoms with van der Waals surface area (Å²) >= 11 is 0. The minimum Gasteiger partial charge on any atom is -0.493 e. The molecule has 0 saturated carbocycles. The van der Waals surface area contributed by atoms with E-state index in [0.717, 1.165) is 29.8 Å². The van der Waals surface area contributed by atoms with Gasteiger partial charge in [-0.15, -0.1) is 0 Å². The highest BCUT2D eigenvalue weighted by atomic mass is 16.5. The number of aliphatic hydroxyl groups excluding tert-OH is 1. The normalized spacial score (nSPS) is 18.1. The van der Waals surface area contributed by atoms with E-state index in [2.05, 4.69) is 11.0 Å². The highest BCUT2D eigenvalue weighted by Gasteiger charge is 2.34. The summed E-state index contributed by atoms with van der Waals surface area (Å²) in [6.07, 6.45) is 0.708. The molecule has 0 aliphatic carbocycles. The SMILES string of the molecule is COc1ccc([C@@H](O)CN2CCC(O)(c3cccc(C)c3)CC2)cc1OC. The molecule has 0 unspecified atom stereocenters. The van der Waals surface area contributed by atoms with Gasteiger partial charge in [0.1, 0.15) is 0 Å². The van der Waals surface area contributed by atoms with Crippen LogP contribution in [0.25, 0.3) is 0 Å². The maximum Gasteiger partial charge on any atom is 0.161 e. The van der Waals surface area contributed by atoms with Crippen molar-refractivity contribution in [1.29, 1.82) is 0 Å². The van der Waals surface area contributed by atoms with Crippen molar-refractivity contribution < 1.29 is 19.7 Å². The summed E-state index contributed by atoms with van der Waals surface area (Å²) in [5.74, 6) is 1.26. The number of aryl methyl sites for hydroxylation is 1. The van der Waals surface area contributed by atoms with Gasteiger partial charge in [-0.2, -0.15) is 0 Å². The predicted octanol–water partition coefficient (Wildman–Crippen LogP) is 3.03. The first-order valence-electron chi connectivity index (χ1n) is 9.37. The fraction of sp³-hybridized carbons (Fsp3) is 0.455. The van der Waals surface area contributed by atoms with Crippen LogP contribution < -0.4 is 9.47 Å². The van der Waals surface area contributed by atoms with Crippen LogP contribution in [0, 0.1) is 6.92 Å².